The van der Waals surface area contributed by atoms with Crippen molar-refractivity contribution in [1.82, 2.24) is 0 Å². The Balaban J connectivity index is 1.67. The molecule has 0 aliphatic carbocycles. The van der Waals surface area contributed by atoms with Crippen LogP contribution in [0.2, 0.25) is 0 Å². The fourth-order valence-corrected chi connectivity index (χ4v) is 2.71. The van der Waals surface area contributed by atoms with E-state index in [1.54, 1.807) is 0 Å². The Morgan fingerprint density at radius 2 is 1.87 bits per heavy atom. The highest BCUT2D eigenvalue weighted by atomic mass is 79.9. The predicted octanol–water partition coefficient (Wildman–Crippen LogP) is 4.93. The summed E-state index contributed by atoms with van der Waals surface area (Å²) in [5.41, 5.74) is 1.86. The first-order valence-electron chi connectivity index (χ1n) is 7.30. The molecular weight excluding hydrogens is 354 g/mol. The number of anilines is 1. The average Bonchev–Trinajstić information content (AvgIpc) is 2.56. The lowest BCUT2D eigenvalue weighted by atomic mass is 10.1. The van der Waals surface area contributed by atoms with E-state index < -0.39 is 0 Å². The van der Waals surface area contributed by atoms with E-state index in [4.69, 9.17) is 4.74 Å². The lowest BCUT2D eigenvalue weighted by Crippen LogP contribution is -2.20. The Bertz CT molecular complexity index is 856. The molecule has 0 saturated heterocycles. The van der Waals surface area contributed by atoms with Crippen molar-refractivity contribution < 1.29 is 9.53 Å². The van der Waals surface area contributed by atoms with Gasteiger partial charge in [-0.3, -0.25) is 4.79 Å². The van der Waals surface area contributed by atoms with E-state index in [2.05, 4.69) is 21.2 Å². The van der Waals surface area contributed by atoms with Crippen LogP contribution < -0.4 is 10.1 Å². The quantitative estimate of drug-likeness (QED) is 0.707. The standard InChI is InChI=1S/C19H16BrNO2/c1-13-9-10-15(11-17(13)20)21-19(22)12-23-18-8-4-6-14-5-2-3-7-16(14)18/h2-11H,12H2,1H3,(H,21,22). The molecule has 116 valence electrons. The van der Waals surface area contributed by atoms with Gasteiger partial charge in [0.1, 0.15) is 5.75 Å². The van der Waals surface area contributed by atoms with Gasteiger partial charge in [-0.1, -0.05) is 58.4 Å². The summed E-state index contributed by atoms with van der Waals surface area (Å²) < 4.78 is 6.65. The van der Waals surface area contributed by atoms with Crippen molar-refractivity contribution in [2.45, 2.75) is 6.92 Å². The van der Waals surface area contributed by atoms with E-state index in [9.17, 15) is 4.79 Å². The number of amides is 1. The van der Waals surface area contributed by atoms with Crippen LogP contribution in [0.1, 0.15) is 5.56 Å². The molecule has 0 bridgehead atoms. The van der Waals surface area contributed by atoms with Crippen LogP contribution in [0.25, 0.3) is 10.8 Å². The monoisotopic (exact) mass is 369 g/mol. The number of carbonyl (C=O) groups excluding carboxylic acids is 1. The van der Waals surface area contributed by atoms with Gasteiger partial charge in [-0.25, -0.2) is 0 Å². The molecule has 3 rings (SSSR count). The maximum absolute atomic E-state index is 12.1. The second-order valence-corrected chi connectivity index (χ2v) is 6.13. The molecule has 1 amide bonds. The van der Waals surface area contributed by atoms with E-state index in [1.165, 1.54) is 0 Å². The number of benzene rings is 3. The van der Waals surface area contributed by atoms with E-state index in [-0.39, 0.29) is 12.5 Å². The summed E-state index contributed by atoms with van der Waals surface area (Å²) in [4.78, 5) is 12.1. The van der Waals surface area contributed by atoms with Crippen LogP contribution in [0.5, 0.6) is 5.75 Å². The van der Waals surface area contributed by atoms with Crippen molar-refractivity contribution in [3.63, 3.8) is 0 Å². The molecule has 3 aromatic carbocycles. The molecule has 0 atom stereocenters. The van der Waals surface area contributed by atoms with Gasteiger partial charge in [0.25, 0.3) is 5.91 Å². The van der Waals surface area contributed by atoms with Gasteiger partial charge in [-0.2, -0.15) is 0 Å². The predicted molar refractivity (Wildman–Crippen MR) is 97.0 cm³/mol. The largest absolute Gasteiger partial charge is 0.483 e. The molecule has 1 N–H and O–H groups in total. The van der Waals surface area contributed by atoms with Crippen LogP contribution in [-0.2, 0) is 4.79 Å². The van der Waals surface area contributed by atoms with Crippen LogP contribution in [0.4, 0.5) is 5.69 Å². The highest BCUT2D eigenvalue weighted by Gasteiger charge is 2.07. The van der Waals surface area contributed by atoms with Gasteiger partial charge >= 0.3 is 0 Å². The van der Waals surface area contributed by atoms with Gasteiger partial charge in [0.2, 0.25) is 0 Å². The Hall–Kier alpha value is -2.33. The fraction of sp³-hybridized carbons (Fsp3) is 0.105. The summed E-state index contributed by atoms with van der Waals surface area (Å²) in [7, 11) is 0. The van der Waals surface area contributed by atoms with Crippen LogP contribution in [0, 0.1) is 6.92 Å². The Kier molecular flexibility index (Phi) is 4.63. The van der Waals surface area contributed by atoms with Gasteiger partial charge in [0.15, 0.2) is 6.61 Å². The number of rotatable bonds is 4. The number of hydrogen-bond donors (Lipinski definition) is 1. The number of aryl methyl sites for hydroxylation is 1. The minimum atomic E-state index is -0.186. The molecule has 0 saturated carbocycles. The lowest BCUT2D eigenvalue weighted by molar-refractivity contribution is -0.118. The van der Waals surface area contributed by atoms with Gasteiger partial charge in [0, 0.05) is 15.5 Å². The molecule has 0 aromatic heterocycles. The smallest absolute Gasteiger partial charge is 0.262 e. The van der Waals surface area contributed by atoms with Crippen LogP contribution in [0.15, 0.2) is 65.1 Å². The van der Waals surface area contributed by atoms with Crippen LogP contribution >= 0.6 is 15.9 Å². The highest BCUT2D eigenvalue weighted by molar-refractivity contribution is 9.10. The summed E-state index contributed by atoms with van der Waals surface area (Å²) in [5, 5.41) is 4.93. The van der Waals surface area contributed by atoms with Gasteiger partial charge < -0.3 is 10.1 Å². The molecule has 0 aliphatic rings. The lowest BCUT2D eigenvalue weighted by Gasteiger charge is -2.10. The average molecular weight is 370 g/mol. The minimum Gasteiger partial charge on any atom is -0.483 e. The Morgan fingerprint density at radius 3 is 2.70 bits per heavy atom. The second-order valence-electron chi connectivity index (χ2n) is 5.28. The van der Waals surface area contributed by atoms with E-state index >= 15 is 0 Å². The maximum Gasteiger partial charge on any atom is 0.262 e. The SMILES string of the molecule is Cc1ccc(NC(=O)COc2cccc3ccccc23)cc1Br. The fourth-order valence-electron chi connectivity index (χ4n) is 2.33. The number of carbonyl (C=O) groups is 1. The number of hydrogen-bond acceptors (Lipinski definition) is 2. The van der Waals surface area contributed by atoms with Crippen molar-refractivity contribution in [1.29, 1.82) is 0 Å². The normalized spacial score (nSPS) is 10.5. The topological polar surface area (TPSA) is 38.3 Å². The summed E-state index contributed by atoms with van der Waals surface area (Å²) in [6.45, 7) is 1.97. The molecule has 0 radical (unpaired) electrons. The summed E-state index contributed by atoms with van der Waals surface area (Å²) >= 11 is 3.46. The second kappa shape index (κ2) is 6.84. The zero-order valence-electron chi connectivity index (χ0n) is 12.7. The molecule has 3 aromatic rings. The molecule has 23 heavy (non-hydrogen) atoms. The molecule has 0 fully saturated rings. The zero-order chi connectivity index (χ0) is 16.2. The molecule has 3 nitrogen and oxygen atoms in total. The maximum atomic E-state index is 12.1. The van der Waals surface area contributed by atoms with Crippen molar-refractivity contribution in [2.24, 2.45) is 0 Å². The van der Waals surface area contributed by atoms with Crippen LogP contribution in [-0.4, -0.2) is 12.5 Å². The third-order valence-corrected chi connectivity index (χ3v) is 4.42. The molecule has 4 heteroatoms. The first-order chi connectivity index (χ1) is 11.1. The van der Waals surface area contributed by atoms with Gasteiger partial charge in [0.05, 0.1) is 0 Å². The minimum absolute atomic E-state index is 0.0283. The van der Waals surface area contributed by atoms with E-state index in [1.807, 2.05) is 67.6 Å². The molecular formula is C19H16BrNO2. The van der Waals surface area contributed by atoms with Crippen molar-refractivity contribution in [3.8, 4) is 5.75 Å². The van der Waals surface area contributed by atoms with Crippen molar-refractivity contribution in [3.05, 3.63) is 70.7 Å². The molecule has 0 unspecified atom stereocenters. The Labute approximate surface area is 143 Å². The summed E-state index contributed by atoms with van der Waals surface area (Å²) in [6.07, 6.45) is 0. The number of ether oxygens (including phenoxy) is 1. The zero-order valence-corrected chi connectivity index (χ0v) is 14.3. The van der Waals surface area contributed by atoms with Crippen LogP contribution in [0.3, 0.4) is 0 Å². The van der Waals surface area contributed by atoms with Gasteiger partial charge in [-0.05, 0) is 36.1 Å². The number of halogens is 1. The number of fused-ring (bicyclic) bond motifs is 1. The summed E-state index contributed by atoms with van der Waals surface area (Å²) in [5.74, 6) is 0.525. The van der Waals surface area contributed by atoms with E-state index in [0.29, 0.717) is 5.75 Å². The number of nitrogens with one attached hydrogen (secondary N) is 1. The third kappa shape index (κ3) is 3.71. The molecule has 0 spiro atoms. The highest BCUT2D eigenvalue weighted by Crippen LogP contribution is 2.25. The van der Waals surface area contributed by atoms with E-state index in [0.717, 1.165) is 26.5 Å². The van der Waals surface area contributed by atoms with Gasteiger partial charge in [-0.15, -0.1) is 0 Å². The molecule has 0 heterocycles. The molecule has 0 aliphatic heterocycles. The van der Waals surface area contributed by atoms with Crippen molar-refractivity contribution in [2.75, 3.05) is 11.9 Å². The first kappa shape index (κ1) is 15.6. The van der Waals surface area contributed by atoms with Crippen molar-refractivity contribution >= 4 is 38.3 Å². The summed E-state index contributed by atoms with van der Waals surface area (Å²) in [6, 6.07) is 19.5. The third-order valence-electron chi connectivity index (χ3n) is 3.56. The first-order valence-corrected chi connectivity index (χ1v) is 8.09. The Morgan fingerprint density at radius 1 is 1.09 bits per heavy atom.